The van der Waals surface area contributed by atoms with E-state index >= 15 is 0 Å². The fourth-order valence-electron chi connectivity index (χ4n) is 1.36. The summed E-state index contributed by atoms with van der Waals surface area (Å²) in [5, 5.41) is 6.56. The van der Waals surface area contributed by atoms with E-state index in [0.29, 0.717) is 0 Å². The minimum atomic E-state index is -3.04. The van der Waals surface area contributed by atoms with Crippen LogP contribution >= 0.6 is 11.6 Å². The van der Waals surface area contributed by atoms with E-state index in [9.17, 15) is 14.3 Å². The third-order valence-electron chi connectivity index (χ3n) is 2.21. The van der Waals surface area contributed by atoms with Crippen LogP contribution in [0.4, 0.5) is 4.39 Å². The lowest BCUT2D eigenvalue weighted by Gasteiger charge is -2.26. The van der Waals surface area contributed by atoms with Crippen molar-refractivity contribution in [1.29, 1.82) is 0 Å². The summed E-state index contributed by atoms with van der Waals surface area (Å²) < 4.78 is 28.1. The Morgan fingerprint density at radius 3 is 2.69 bits per heavy atom. The number of rotatable bonds is 3. The number of alkyl halides is 2. The summed E-state index contributed by atoms with van der Waals surface area (Å²) in [5.41, 5.74) is 0. The number of carbonyl (C=O) groups is 1. The molecule has 1 unspecified atom stereocenters. The van der Waals surface area contributed by atoms with Crippen molar-refractivity contribution in [3.8, 4) is 0 Å². The molecule has 5 nitrogen and oxygen atoms in total. The first-order valence-corrected chi connectivity index (χ1v) is 5.04. The number of hydrogen-bond acceptors (Lipinski definition) is 5. The van der Waals surface area contributed by atoms with Gasteiger partial charge < -0.3 is 19.3 Å². The first-order valence-electron chi connectivity index (χ1n) is 4.67. The molecule has 94 valence electrons. The molecule has 0 aliphatic carbocycles. The van der Waals surface area contributed by atoms with Crippen LogP contribution in [0.25, 0.3) is 0 Å². The molecule has 3 atom stereocenters. The Morgan fingerprint density at radius 2 is 2.31 bits per heavy atom. The van der Waals surface area contributed by atoms with E-state index in [1.54, 1.807) is 13.8 Å². The third-order valence-corrected chi connectivity index (χ3v) is 2.59. The maximum Gasteiger partial charge on any atom is 0.362 e. The van der Waals surface area contributed by atoms with Crippen LogP contribution in [0.1, 0.15) is 13.8 Å². The van der Waals surface area contributed by atoms with Crippen molar-refractivity contribution in [1.82, 2.24) is 0 Å². The fourth-order valence-corrected chi connectivity index (χ4v) is 1.58. The number of carbonyl (C=O) groups excluding carboxylic acids is 1. The van der Waals surface area contributed by atoms with E-state index in [-0.39, 0.29) is 6.61 Å². The molecular formula is C9H14ClFO5. The van der Waals surface area contributed by atoms with Crippen LogP contribution in [0.15, 0.2) is 0 Å². The molecule has 7 heteroatoms. The molecule has 0 aromatic rings. The summed E-state index contributed by atoms with van der Waals surface area (Å²) in [4.78, 5) is 11.0. The topological polar surface area (TPSA) is 65.0 Å². The number of ether oxygens (including phenoxy) is 3. The number of halogens is 2. The zero-order chi connectivity index (χ0) is 12.6. The highest BCUT2D eigenvalue weighted by atomic mass is 35.5. The molecule has 0 amide bonds. The Bertz CT molecular complexity index is 281. The SMILES string of the molecule is COC(=O)C(F)(Cl)[C@@H](O)[C@H]1COC(C)(C)O1. The van der Waals surface area contributed by atoms with Gasteiger partial charge in [0.05, 0.1) is 13.7 Å². The van der Waals surface area contributed by atoms with E-state index < -0.39 is 29.1 Å². The zero-order valence-electron chi connectivity index (χ0n) is 9.20. The van der Waals surface area contributed by atoms with Crippen molar-refractivity contribution in [2.45, 2.75) is 37.0 Å². The third kappa shape index (κ3) is 2.63. The van der Waals surface area contributed by atoms with Gasteiger partial charge in [0, 0.05) is 0 Å². The van der Waals surface area contributed by atoms with Crippen molar-refractivity contribution < 1.29 is 28.5 Å². The van der Waals surface area contributed by atoms with Crippen molar-refractivity contribution in [2.75, 3.05) is 13.7 Å². The van der Waals surface area contributed by atoms with Crippen molar-refractivity contribution in [3.63, 3.8) is 0 Å². The number of methoxy groups -OCH3 is 1. The van der Waals surface area contributed by atoms with Gasteiger partial charge in [-0.15, -0.1) is 0 Å². The molecule has 0 aromatic carbocycles. The number of aliphatic hydroxyl groups is 1. The lowest BCUT2D eigenvalue weighted by atomic mass is 10.1. The summed E-state index contributed by atoms with van der Waals surface area (Å²) >= 11 is 5.28. The molecule has 1 aliphatic heterocycles. The van der Waals surface area contributed by atoms with Crippen molar-refractivity contribution in [2.24, 2.45) is 0 Å². The van der Waals surface area contributed by atoms with Crippen LogP contribution < -0.4 is 0 Å². The van der Waals surface area contributed by atoms with Gasteiger partial charge in [-0.2, -0.15) is 0 Å². The molecule has 0 bridgehead atoms. The summed E-state index contributed by atoms with van der Waals surface area (Å²) in [6.45, 7) is 3.15. The van der Waals surface area contributed by atoms with Crippen molar-refractivity contribution >= 4 is 17.6 Å². The maximum atomic E-state index is 13.7. The molecule has 1 rings (SSSR count). The van der Waals surface area contributed by atoms with E-state index in [1.165, 1.54) is 0 Å². The van der Waals surface area contributed by atoms with Gasteiger partial charge in [-0.1, -0.05) is 11.6 Å². The van der Waals surface area contributed by atoms with Gasteiger partial charge in [-0.05, 0) is 13.8 Å². The quantitative estimate of drug-likeness (QED) is 0.591. The summed E-state index contributed by atoms with van der Waals surface area (Å²) in [7, 11) is 0.974. The second-order valence-electron chi connectivity index (χ2n) is 3.93. The minimum absolute atomic E-state index is 0.0520. The Balaban J connectivity index is 2.71. The van der Waals surface area contributed by atoms with Gasteiger partial charge in [-0.25, -0.2) is 9.18 Å². The first kappa shape index (κ1) is 13.6. The van der Waals surface area contributed by atoms with E-state index in [0.717, 1.165) is 7.11 Å². The predicted octanol–water partition coefficient (Wildman–Crippen LogP) is 0.576. The van der Waals surface area contributed by atoms with Crippen LogP contribution in [0.2, 0.25) is 0 Å². The average molecular weight is 257 g/mol. The highest BCUT2D eigenvalue weighted by Crippen LogP contribution is 2.32. The van der Waals surface area contributed by atoms with E-state index in [4.69, 9.17) is 21.1 Å². The fraction of sp³-hybridized carbons (Fsp3) is 0.889. The Labute approximate surface area is 97.4 Å². The number of esters is 1. The van der Waals surface area contributed by atoms with Gasteiger partial charge in [0.1, 0.15) is 12.2 Å². The Kier molecular flexibility index (Phi) is 3.79. The molecule has 16 heavy (non-hydrogen) atoms. The lowest BCUT2D eigenvalue weighted by molar-refractivity contribution is -0.173. The smallest absolute Gasteiger partial charge is 0.362 e. The molecule has 0 radical (unpaired) electrons. The molecule has 1 heterocycles. The van der Waals surface area contributed by atoms with Gasteiger partial charge in [0.25, 0.3) is 0 Å². The summed E-state index contributed by atoms with van der Waals surface area (Å²) in [6, 6.07) is 0. The standard InChI is InChI=1S/C9H14ClFO5/c1-8(2)15-4-5(16-8)6(12)9(10,11)7(13)14-3/h5-6,12H,4H2,1-3H3/t5-,6+,9?/m1/s1. The van der Waals surface area contributed by atoms with Gasteiger partial charge in [0.15, 0.2) is 5.79 Å². The zero-order valence-corrected chi connectivity index (χ0v) is 9.95. The Morgan fingerprint density at radius 1 is 1.75 bits per heavy atom. The summed E-state index contributed by atoms with van der Waals surface area (Å²) in [6.07, 6.45) is -2.88. The van der Waals surface area contributed by atoms with Crippen LogP contribution in [0.3, 0.4) is 0 Å². The molecular weight excluding hydrogens is 243 g/mol. The van der Waals surface area contributed by atoms with Crippen LogP contribution in [-0.4, -0.2) is 47.9 Å². The van der Waals surface area contributed by atoms with Gasteiger partial charge in [0.2, 0.25) is 0 Å². The Hall–Kier alpha value is -0.430. The maximum absolute atomic E-state index is 13.7. The van der Waals surface area contributed by atoms with Gasteiger partial charge in [-0.3, -0.25) is 0 Å². The molecule has 0 spiro atoms. The second kappa shape index (κ2) is 4.44. The molecule has 0 aromatic heterocycles. The molecule has 1 aliphatic rings. The number of hydrogen-bond donors (Lipinski definition) is 1. The molecule has 1 fully saturated rings. The molecule has 1 N–H and O–H groups in total. The predicted molar refractivity (Wildman–Crippen MR) is 52.6 cm³/mol. The lowest BCUT2D eigenvalue weighted by Crippen LogP contribution is -2.49. The number of aliphatic hydroxyl groups excluding tert-OH is 1. The van der Waals surface area contributed by atoms with Gasteiger partial charge >= 0.3 is 11.1 Å². The monoisotopic (exact) mass is 256 g/mol. The normalized spacial score (nSPS) is 29.5. The second-order valence-corrected chi connectivity index (χ2v) is 4.48. The van der Waals surface area contributed by atoms with Crippen LogP contribution in [0, 0.1) is 0 Å². The largest absolute Gasteiger partial charge is 0.466 e. The summed E-state index contributed by atoms with van der Waals surface area (Å²) in [5.74, 6) is -2.30. The van der Waals surface area contributed by atoms with Crippen LogP contribution in [0.5, 0.6) is 0 Å². The highest BCUT2D eigenvalue weighted by Gasteiger charge is 2.52. The van der Waals surface area contributed by atoms with E-state index in [2.05, 4.69) is 4.74 Å². The molecule has 0 saturated carbocycles. The molecule has 1 saturated heterocycles. The van der Waals surface area contributed by atoms with E-state index in [1.807, 2.05) is 0 Å². The highest BCUT2D eigenvalue weighted by molar-refractivity contribution is 6.33. The van der Waals surface area contributed by atoms with Crippen molar-refractivity contribution in [3.05, 3.63) is 0 Å². The first-order chi connectivity index (χ1) is 7.20. The minimum Gasteiger partial charge on any atom is -0.466 e. The van der Waals surface area contributed by atoms with Crippen LogP contribution in [-0.2, 0) is 19.0 Å². The average Bonchev–Trinajstić information content (AvgIpc) is 2.56.